The van der Waals surface area contributed by atoms with Crippen molar-refractivity contribution in [3.05, 3.63) is 64.7 Å². The number of hydrogen-bond acceptors (Lipinski definition) is 3. The lowest BCUT2D eigenvalue weighted by atomic mass is 9.74. The van der Waals surface area contributed by atoms with Crippen LogP contribution in [0.2, 0.25) is 5.02 Å². The molecule has 4 rings (SSSR count). The summed E-state index contributed by atoms with van der Waals surface area (Å²) in [7, 11) is 0. The van der Waals surface area contributed by atoms with Crippen LogP contribution in [0.4, 0.5) is 0 Å². The number of hydrogen-bond donors (Lipinski definition) is 1. The van der Waals surface area contributed by atoms with Gasteiger partial charge in [0.15, 0.2) is 0 Å². The first-order chi connectivity index (χ1) is 14.1. The summed E-state index contributed by atoms with van der Waals surface area (Å²) in [6.45, 7) is 4.67. The minimum Gasteiger partial charge on any atom is -0.494 e. The average Bonchev–Trinajstić information content (AvgIpc) is 3.56. The predicted molar refractivity (Wildman–Crippen MR) is 115 cm³/mol. The summed E-state index contributed by atoms with van der Waals surface area (Å²) in [4.78, 5) is 13.2. The second kappa shape index (κ2) is 8.37. The van der Waals surface area contributed by atoms with Crippen molar-refractivity contribution in [1.29, 1.82) is 0 Å². The molecule has 0 bridgehead atoms. The molecule has 0 aromatic heterocycles. The Morgan fingerprint density at radius 3 is 2.41 bits per heavy atom. The summed E-state index contributed by atoms with van der Waals surface area (Å²) >= 11 is 6.16. The van der Waals surface area contributed by atoms with Gasteiger partial charge in [0.05, 0.1) is 12.0 Å². The molecule has 2 fully saturated rings. The zero-order valence-electron chi connectivity index (χ0n) is 16.9. The smallest absolute Gasteiger partial charge is 0.230 e. The fraction of sp³-hybridized carbons (Fsp3) is 0.458. The van der Waals surface area contributed by atoms with Crippen molar-refractivity contribution >= 4 is 17.5 Å². The van der Waals surface area contributed by atoms with Crippen molar-refractivity contribution in [1.82, 2.24) is 5.32 Å². The van der Waals surface area contributed by atoms with Crippen molar-refractivity contribution < 1.29 is 14.3 Å². The van der Waals surface area contributed by atoms with Gasteiger partial charge >= 0.3 is 0 Å². The van der Waals surface area contributed by atoms with Gasteiger partial charge in [-0.15, -0.1) is 0 Å². The Bertz CT molecular complexity index is 855. The summed E-state index contributed by atoms with van der Waals surface area (Å²) < 4.78 is 11.2. The molecule has 1 N–H and O–H groups in total. The maximum Gasteiger partial charge on any atom is 0.230 e. The Kier molecular flexibility index (Phi) is 5.84. The third kappa shape index (κ3) is 4.15. The van der Waals surface area contributed by atoms with E-state index in [9.17, 15) is 4.79 Å². The number of ether oxygens (including phenoxy) is 2. The van der Waals surface area contributed by atoms with E-state index in [4.69, 9.17) is 21.1 Å². The van der Waals surface area contributed by atoms with E-state index in [1.807, 2.05) is 43.3 Å². The molecule has 1 saturated heterocycles. The second-order valence-corrected chi connectivity index (χ2v) is 8.56. The zero-order chi connectivity index (χ0) is 20.3. The van der Waals surface area contributed by atoms with E-state index in [1.54, 1.807) is 0 Å². The van der Waals surface area contributed by atoms with Crippen molar-refractivity contribution in [2.24, 2.45) is 0 Å². The molecule has 5 heteroatoms. The summed E-state index contributed by atoms with van der Waals surface area (Å²) in [5.41, 5.74) is 1.72. The van der Waals surface area contributed by atoms with Crippen LogP contribution in [0.5, 0.6) is 5.75 Å². The fourth-order valence-corrected chi connectivity index (χ4v) is 4.57. The number of amides is 1. The third-order valence-corrected chi connectivity index (χ3v) is 6.61. The van der Waals surface area contributed by atoms with Crippen LogP contribution in [0, 0.1) is 0 Å². The van der Waals surface area contributed by atoms with Crippen LogP contribution < -0.4 is 10.1 Å². The van der Waals surface area contributed by atoms with Crippen LogP contribution in [0.25, 0.3) is 0 Å². The third-order valence-electron chi connectivity index (χ3n) is 6.38. The Morgan fingerprint density at radius 2 is 1.79 bits per heavy atom. The quantitative estimate of drug-likeness (QED) is 0.719. The van der Waals surface area contributed by atoms with Gasteiger partial charge in [0.25, 0.3) is 0 Å². The molecule has 29 heavy (non-hydrogen) atoms. The molecule has 0 radical (unpaired) electrons. The molecule has 1 aliphatic heterocycles. The normalized spacial score (nSPS) is 19.4. The first kappa shape index (κ1) is 20.2. The van der Waals surface area contributed by atoms with Crippen LogP contribution in [0.15, 0.2) is 48.5 Å². The number of carbonyl (C=O) groups excluding carboxylic acids is 1. The van der Waals surface area contributed by atoms with Gasteiger partial charge in [0.2, 0.25) is 5.91 Å². The van der Waals surface area contributed by atoms with Crippen molar-refractivity contribution in [3.8, 4) is 5.75 Å². The number of rotatable bonds is 7. The van der Waals surface area contributed by atoms with Gasteiger partial charge in [-0.3, -0.25) is 4.79 Å². The summed E-state index contributed by atoms with van der Waals surface area (Å²) in [5, 5.41) is 3.96. The monoisotopic (exact) mass is 413 g/mol. The average molecular weight is 414 g/mol. The van der Waals surface area contributed by atoms with E-state index in [1.165, 1.54) is 5.56 Å². The molecule has 1 aliphatic carbocycles. The molecular weight excluding hydrogens is 386 g/mol. The highest BCUT2D eigenvalue weighted by Crippen LogP contribution is 2.49. The Hall–Kier alpha value is -2.04. The molecular formula is C24H28ClNO3. The first-order valence-electron chi connectivity index (χ1n) is 10.4. The lowest BCUT2D eigenvalue weighted by Crippen LogP contribution is -2.47. The predicted octanol–water partition coefficient (Wildman–Crippen LogP) is 4.63. The van der Waals surface area contributed by atoms with Gasteiger partial charge in [0.1, 0.15) is 5.75 Å². The molecule has 154 valence electrons. The summed E-state index contributed by atoms with van der Waals surface area (Å²) in [5.74, 6) is 0.983. The second-order valence-electron chi connectivity index (χ2n) is 8.13. The summed E-state index contributed by atoms with van der Waals surface area (Å²) in [6, 6.07) is 16.0. The standard InChI is InChI=1S/C24H28ClNO3/c1-2-29-21-8-6-18(7-9-21)23(12-14-28-15-13-23)17-26-22(27)24(10-11-24)19-4-3-5-20(25)16-19/h3-9,16H,2,10-15,17H2,1H3,(H,26,27). The van der Waals surface area contributed by atoms with Crippen molar-refractivity contribution in [2.45, 2.75) is 43.4 Å². The number of nitrogens with one attached hydrogen (secondary N) is 1. The van der Waals surface area contributed by atoms with E-state index >= 15 is 0 Å². The van der Waals surface area contributed by atoms with E-state index < -0.39 is 5.41 Å². The number of halogens is 1. The molecule has 0 unspecified atom stereocenters. The highest BCUT2D eigenvalue weighted by atomic mass is 35.5. The van der Waals surface area contributed by atoms with Gasteiger partial charge in [-0.1, -0.05) is 35.9 Å². The molecule has 2 aliphatic rings. The van der Waals surface area contributed by atoms with Crippen LogP contribution in [0.1, 0.15) is 43.7 Å². The molecule has 1 amide bonds. The van der Waals surface area contributed by atoms with Crippen LogP contribution >= 0.6 is 11.6 Å². The molecule has 1 heterocycles. The van der Waals surface area contributed by atoms with Crippen LogP contribution in [-0.4, -0.2) is 32.3 Å². The largest absolute Gasteiger partial charge is 0.494 e. The highest BCUT2D eigenvalue weighted by Gasteiger charge is 2.51. The van der Waals surface area contributed by atoms with Gasteiger partial charge < -0.3 is 14.8 Å². The Morgan fingerprint density at radius 1 is 1.07 bits per heavy atom. The van der Waals surface area contributed by atoms with Crippen LogP contribution in [0.3, 0.4) is 0 Å². The Balaban J connectivity index is 1.51. The molecule has 4 nitrogen and oxygen atoms in total. The van der Waals surface area contributed by atoms with Crippen molar-refractivity contribution in [2.75, 3.05) is 26.4 Å². The SMILES string of the molecule is CCOc1ccc(C2(CNC(=O)C3(c4cccc(Cl)c4)CC3)CCOCC2)cc1. The summed E-state index contributed by atoms with van der Waals surface area (Å²) in [6.07, 6.45) is 3.54. The Labute approximate surface area is 177 Å². The zero-order valence-corrected chi connectivity index (χ0v) is 17.6. The number of carbonyl (C=O) groups is 1. The van der Waals surface area contributed by atoms with E-state index in [2.05, 4.69) is 17.4 Å². The maximum absolute atomic E-state index is 13.2. The molecule has 0 spiro atoms. The maximum atomic E-state index is 13.2. The minimum absolute atomic E-state index is 0.108. The molecule has 1 saturated carbocycles. The van der Waals surface area contributed by atoms with Gasteiger partial charge in [-0.25, -0.2) is 0 Å². The lowest BCUT2D eigenvalue weighted by Gasteiger charge is -2.38. The van der Waals surface area contributed by atoms with Gasteiger partial charge in [0, 0.05) is 30.2 Å². The van der Waals surface area contributed by atoms with Gasteiger partial charge in [-0.05, 0) is 68.0 Å². The molecule has 0 atom stereocenters. The van der Waals surface area contributed by atoms with Crippen molar-refractivity contribution in [3.63, 3.8) is 0 Å². The lowest BCUT2D eigenvalue weighted by molar-refractivity contribution is -0.124. The molecule has 2 aromatic rings. The fourth-order valence-electron chi connectivity index (χ4n) is 4.38. The highest BCUT2D eigenvalue weighted by molar-refractivity contribution is 6.30. The van der Waals surface area contributed by atoms with E-state index in [-0.39, 0.29) is 11.3 Å². The number of benzene rings is 2. The first-order valence-corrected chi connectivity index (χ1v) is 10.8. The molecule has 2 aromatic carbocycles. The van der Waals surface area contributed by atoms with Crippen LogP contribution in [-0.2, 0) is 20.4 Å². The minimum atomic E-state index is -0.421. The van der Waals surface area contributed by atoms with E-state index in [0.29, 0.717) is 31.4 Å². The van der Waals surface area contributed by atoms with E-state index in [0.717, 1.165) is 37.0 Å². The topological polar surface area (TPSA) is 47.6 Å². The van der Waals surface area contributed by atoms with Gasteiger partial charge in [-0.2, -0.15) is 0 Å².